The van der Waals surface area contributed by atoms with Crippen molar-refractivity contribution in [2.75, 3.05) is 6.54 Å². The van der Waals surface area contributed by atoms with Crippen LogP contribution in [0.3, 0.4) is 0 Å². The van der Waals surface area contributed by atoms with Crippen LogP contribution in [-0.4, -0.2) is 44.8 Å². The highest BCUT2D eigenvalue weighted by Gasteiger charge is 2.39. The first-order valence-electron chi connectivity index (χ1n) is 6.52. The molecule has 1 fully saturated rings. The maximum Gasteiger partial charge on any atom is 0.330 e. The van der Waals surface area contributed by atoms with E-state index in [2.05, 4.69) is 0 Å². The quantitative estimate of drug-likeness (QED) is 0.797. The minimum Gasteiger partial charge on any atom is -0.479 e. The third-order valence-corrected chi connectivity index (χ3v) is 4.37. The molecule has 1 saturated heterocycles. The number of hydrogen-bond acceptors (Lipinski definition) is 4. The van der Waals surface area contributed by atoms with Gasteiger partial charge in [-0.2, -0.15) is 0 Å². The van der Waals surface area contributed by atoms with E-state index in [1.807, 2.05) is 18.2 Å². The van der Waals surface area contributed by atoms with E-state index in [4.69, 9.17) is 0 Å². The zero-order chi connectivity index (χ0) is 14.7. The Bertz CT molecular complexity index is 497. The molecule has 0 aromatic carbocycles. The number of allylic oxidation sites excluding steroid dienone is 3. The number of aliphatic carboxylic acids is 1. The first-order chi connectivity index (χ1) is 9.49. The number of likely N-dealkylation sites (tertiary alicyclic amines) is 1. The minimum absolute atomic E-state index is 0.0451. The van der Waals surface area contributed by atoms with Gasteiger partial charge >= 0.3 is 5.97 Å². The van der Waals surface area contributed by atoms with E-state index in [-0.39, 0.29) is 22.7 Å². The van der Waals surface area contributed by atoms with Crippen molar-refractivity contribution < 1.29 is 19.5 Å². The minimum atomic E-state index is -1.01. The molecule has 0 bridgehead atoms. The van der Waals surface area contributed by atoms with Crippen LogP contribution in [0, 0.1) is 0 Å². The van der Waals surface area contributed by atoms with Crippen molar-refractivity contribution in [3.63, 3.8) is 0 Å². The van der Waals surface area contributed by atoms with Crippen molar-refractivity contribution in [3.8, 4) is 0 Å². The molecule has 0 radical (unpaired) electrons. The van der Waals surface area contributed by atoms with Gasteiger partial charge in [0.1, 0.15) is 0 Å². The highest BCUT2D eigenvalue weighted by atomic mass is 32.2. The molecule has 0 aromatic rings. The number of carbonyl (C=O) groups is 3. The Morgan fingerprint density at radius 1 is 1.45 bits per heavy atom. The lowest BCUT2D eigenvalue weighted by Gasteiger charge is -2.27. The molecular formula is C14H17NO4S. The fraction of sp³-hybridized carbons (Fsp3) is 0.500. The summed E-state index contributed by atoms with van der Waals surface area (Å²) in [5, 5.41) is 9.26. The van der Waals surface area contributed by atoms with Gasteiger partial charge in [-0.25, -0.2) is 4.79 Å². The molecule has 0 saturated carbocycles. The summed E-state index contributed by atoms with van der Waals surface area (Å²) in [4.78, 5) is 36.1. The Balaban J connectivity index is 2.14. The van der Waals surface area contributed by atoms with Gasteiger partial charge in [0.15, 0.2) is 11.2 Å². The second kappa shape index (κ2) is 6.26. The van der Waals surface area contributed by atoms with Gasteiger partial charge in [-0.1, -0.05) is 30.0 Å². The molecule has 1 N–H and O–H groups in total. The molecule has 0 spiro atoms. The Hall–Kier alpha value is -1.56. The maximum absolute atomic E-state index is 12.0. The molecule has 1 aliphatic heterocycles. The summed E-state index contributed by atoms with van der Waals surface area (Å²) in [7, 11) is 0. The third kappa shape index (κ3) is 3.30. The van der Waals surface area contributed by atoms with Gasteiger partial charge in [0, 0.05) is 25.1 Å². The fourth-order valence-electron chi connectivity index (χ4n) is 2.59. The molecule has 2 aliphatic rings. The fourth-order valence-corrected chi connectivity index (χ4v) is 3.53. The number of nitrogens with zero attached hydrogens (tertiary/aromatic N) is 1. The molecule has 5 nitrogen and oxygen atoms in total. The molecule has 108 valence electrons. The van der Waals surface area contributed by atoms with E-state index in [9.17, 15) is 19.5 Å². The molecule has 1 unspecified atom stereocenters. The summed E-state index contributed by atoms with van der Waals surface area (Å²) in [6.45, 7) is 1.78. The normalized spacial score (nSPS) is 23.6. The van der Waals surface area contributed by atoms with Crippen LogP contribution in [0.5, 0.6) is 0 Å². The summed E-state index contributed by atoms with van der Waals surface area (Å²) < 4.78 is 0. The Morgan fingerprint density at radius 2 is 2.20 bits per heavy atom. The van der Waals surface area contributed by atoms with Crippen molar-refractivity contribution in [1.82, 2.24) is 4.90 Å². The largest absolute Gasteiger partial charge is 0.479 e. The van der Waals surface area contributed by atoms with Gasteiger partial charge in [0.25, 0.3) is 0 Å². The SMILES string of the molecule is CC(=O)SC1CC(=O)N([C@@H](C(=O)O)C2=CCC=CC2)C1. The number of carbonyl (C=O) groups excluding carboxylic acids is 2. The van der Waals surface area contributed by atoms with Gasteiger partial charge in [-0.15, -0.1) is 0 Å². The number of hydrogen-bond donors (Lipinski definition) is 1. The van der Waals surface area contributed by atoms with Crippen LogP contribution in [0.25, 0.3) is 0 Å². The summed E-state index contributed by atoms with van der Waals surface area (Å²) in [5.41, 5.74) is 0.752. The summed E-state index contributed by atoms with van der Waals surface area (Å²) in [6, 6.07) is -0.898. The standard InChI is InChI=1S/C14H17NO4S/c1-9(16)20-11-7-12(17)15(8-11)13(14(18)19)10-5-3-2-4-6-10/h2-3,6,11,13H,4-5,7-8H2,1H3,(H,18,19)/t11?,13-/m1/s1. The van der Waals surface area contributed by atoms with Crippen LogP contribution in [0.1, 0.15) is 26.2 Å². The van der Waals surface area contributed by atoms with Crippen molar-refractivity contribution in [1.29, 1.82) is 0 Å². The first-order valence-corrected chi connectivity index (χ1v) is 7.40. The monoisotopic (exact) mass is 295 g/mol. The lowest BCUT2D eigenvalue weighted by Crippen LogP contribution is -2.43. The van der Waals surface area contributed by atoms with Crippen LogP contribution in [0.15, 0.2) is 23.8 Å². The van der Waals surface area contributed by atoms with Crippen LogP contribution in [0.4, 0.5) is 0 Å². The Labute approximate surface area is 121 Å². The average molecular weight is 295 g/mol. The molecule has 20 heavy (non-hydrogen) atoms. The van der Waals surface area contributed by atoms with Gasteiger partial charge in [0.2, 0.25) is 5.91 Å². The van der Waals surface area contributed by atoms with Crippen molar-refractivity contribution in [2.24, 2.45) is 0 Å². The van der Waals surface area contributed by atoms with Crippen LogP contribution >= 0.6 is 11.8 Å². The van der Waals surface area contributed by atoms with Gasteiger partial charge in [0.05, 0.1) is 0 Å². The van der Waals surface area contributed by atoms with Crippen molar-refractivity contribution in [3.05, 3.63) is 23.8 Å². The zero-order valence-electron chi connectivity index (χ0n) is 11.2. The average Bonchev–Trinajstić information content (AvgIpc) is 2.70. The van der Waals surface area contributed by atoms with Crippen molar-refractivity contribution in [2.45, 2.75) is 37.5 Å². The molecule has 2 rings (SSSR count). The number of carboxylic acid groups (broad SMARTS) is 1. The predicted octanol–water partition coefficient (Wildman–Crippen LogP) is 1.60. The zero-order valence-corrected chi connectivity index (χ0v) is 12.1. The molecular weight excluding hydrogens is 278 g/mol. The van der Waals surface area contributed by atoms with E-state index >= 15 is 0 Å². The van der Waals surface area contributed by atoms with E-state index in [1.54, 1.807) is 0 Å². The molecule has 2 atom stereocenters. The molecule has 6 heteroatoms. The van der Waals surface area contributed by atoms with E-state index in [0.717, 1.165) is 17.3 Å². The van der Waals surface area contributed by atoms with Crippen molar-refractivity contribution >= 4 is 28.8 Å². The van der Waals surface area contributed by atoms with E-state index < -0.39 is 12.0 Å². The highest BCUT2D eigenvalue weighted by Crippen LogP contribution is 2.29. The first kappa shape index (κ1) is 14.8. The second-order valence-electron chi connectivity index (χ2n) is 4.91. The van der Waals surface area contributed by atoms with E-state index in [0.29, 0.717) is 19.4 Å². The number of thioether (sulfide) groups is 1. The van der Waals surface area contributed by atoms with E-state index in [1.165, 1.54) is 11.8 Å². The summed E-state index contributed by atoms with van der Waals surface area (Å²) in [5.74, 6) is -1.19. The molecule has 1 heterocycles. The smallest absolute Gasteiger partial charge is 0.330 e. The Morgan fingerprint density at radius 3 is 2.75 bits per heavy atom. The molecule has 1 amide bonds. The summed E-state index contributed by atoms with van der Waals surface area (Å²) >= 11 is 1.12. The Kier molecular flexibility index (Phi) is 4.65. The second-order valence-corrected chi connectivity index (χ2v) is 6.39. The number of rotatable bonds is 4. The predicted molar refractivity (Wildman–Crippen MR) is 76.3 cm³/mol. The highest BCUT2D eigenvalue weighted by molar-refractivity contribution is 8.14. The number of carboxylic acids is 1. The summed E-state index contributed by atoms with van der Waals surface area (Å²) in [6.07, 6.45) is 7.27. The van der Waals surface area contributed by atoms with Gasteiger partial charge < -0.3 is 10.0 Å². The molecule has 1 aliphatic carbocycles. The van der Waals surface area contributed by atoms with Crippen LogP contribution < -0.4 is 0 Å². The number of amides is 1. The molecule has 0 aromatic heterocycles. The third-order valence-electron chi connectivity index (χ3n) is 3.39. The topological polar surface area (TPSA) is 74.7 Å². The maximum atomic E-state index is 12.0. The lowest BCUT2D eigenvalue weighted by atomic mass is 9.97. The van der Waals surface area contributed by atoms with Crippen LogP contribution in [0.2, 0.25) is 0 Å². The lowest BCUT2D eigenvalue weighted by molar-refractivity contribution is -0.146. The van der Waals surface area contributed by atoms with Crippen LogP contribution in [-0.2, 0) is 14.4 Å². The van der Waals surface area contributed by atoms with Gasteiger partial charge in [-0.05, 0) is 18.4 Å². The van der Waals surface area contributed by atoms with Gasteiger partial charge in [-0.3, -0.25) is 9.59 Å².